The van der Waals surface area contributed by atoms with Gasteiger partial charge in [0, 0.05) is 9.50 Å². The third kappa shape index (κ3) is 4.16. The van der Waals surface area contributed by atoms with Crippen LogP contribution in [0.5, 0.6) is 0 Å². The number of carbonyl (C=O) groups is 1. The smallest absolute Gasteiger partial charge is 0.324 e. The minimum Gasteiger partial charge on any atom is -0.480 e. The van der Waals surface area contributed by atoms with Crippen molar-refractivity contribution < 1.29 is 18.3 Å². The van der Waals surface area contributed by atoms with E-state index in [-0.39, 0.29) is 17.7 Å². The molecule has 0 aliphatic heterocycles. The molecule has 8 heteroatoms. The number of hydrogen-bond acceptors (Lipinski definition) is 3. The predicted molar refractivity (Wildman–Crippen MR) is 120 cm³/mol. The Morgan fingerprint density at radius 3 is 2.27 bits per heavy atom. The van der Waals surface area contributed by atoms with Crippen molar-refractivity contribution in [2.45, 2.75) is 23.3 Å². The first kappa shape index (κ1) is 21.1. The maximum absolute atomic E-state index is 12.9. The Hall–Kier alpha value is -2.19. The van der Waals surface area contributed by atoms with E-state index in [1.54, 1.807) is 24.3 Å². The molecule has 3 aromatic rings. The average Bonchev–Trinajstić information content (AvgIpc) is 3.48. The standard InChI is InChI=1S/C22H17BrClNO4S/c23-16-3-1-2-15(12-16)20-13-18(30(28,29)25-22(10-11-22)21(26)27)8-9-19(20)14-4-6-17(24)7-5-14/h1-9,12-13,25H,10-11H2,(H,26,27). The number of benzene rings is 3. The summed E-state index contributed by atoms with van der Waals surface area (Å²) in [4.78, 5) is 11.5. The topological polar surface area (TPSA) is 83.5 Å². The zero-order chi connectivity index (χ0) is 21.5. The Morgan fingerprint density at radius 1 is 0.967 bits per heavy atom. The molecular formula is C22H17BrClNO4S. The van der Waals surface area contributed by atoms with Crippen molar-refractivity contribution in [2.24, 2.45) is 0 Å². The first-order valence-corrected chi connectivity index (χ1v) is 11.8. The molecule has 0 heterocycles. The highest BCUT2D eigenvalue weighted by Crippen LogP contribution is 2.39. The van der Waals surface area contributed by atoms with Crippen LogP contribution in [0.3, 0.4) is 0 Å². The van der Waals surface area contributed by atoms with Gasteiger partial charge in [0.1, 0.15) is 5.54 Å². The lowest BCUT2D eigenvalue weighted by molar-refractivity contribution is -0.140. The number of rotatable bonds is 6. The molecule has 154 valence electrons. The second kappa shape index (κ2) is 7.81. The van der Waals surface area contributed by atoms with E-state index in [0.717, 1.165) is 21.2 Å². The molecule has 0 amide bonds. The van der Waals surface area contributed by atoms with E-state index in [1.807, 2.05) is 36.4 Å². The van der Waals surface area contributed by atoms with Crippen LogP contribution >= 0.6 is 27.5 Å². The van der Waals surface area contributed by atoms with E-state index in [4.69, 9.17) is 11.6 Å². The summed E-state index contributed by atoms with van der Waals surface area (Å²) in [5.41, 5.74) is 1.86. The van der Waals surface area contributed by atoms with Gasteiger partial charge in [-0.05, 0) is 71.5 Å². The minimum atomic E-state index is -4.01. The summed E-state index contributed by atoms with van der Waals surface area (Å²) in [5.74, 6) is -1.16. The highest BCUT2D eigenvalue weighted by atomic mass is 79.9. The molecule has 0 radical (unpaired) electrons. The summed E-state index contributed by atoms with van der Waals surface area (Å²) >= 11 is 9.47. The average molecular weight is 507 g/mol. The van der Waals surface area contributed by atoms with Crippen molar-refractivity contribution in [3.8, 4) is 22.3 Å². The number of sulfonamides is 1. The predicted octanol–water partition coefficient (Wildman–Crippen LogP) is 5.33. The third-order valence-electron chi connectivity index (χ3n) is 5.08. The van der Waals surface area contributed by atoms with Crippen molar-refractivity contribution in [3.05, 3.63) is 76.2 Å². The molecule has 1 aliphatic rings. The van der Waals surface area contributed by atoms with Crippen LogP contribution in [0.4, 0.5) is 0 Å². The van der Waals surface area contributed by atoms with Gasteiger partial charge in [0.25, 0.3) is 0 Å². The number of carboxylic acids is 1. The molecule has 1 saturated carbocycles. The molecule has 4 rings (SSSR count). The first-order valence-electron chi connectivity index (χ1n) is 9.14. The van der Waals surface area contributed by atoms with Crippen molar-refractivity contribution >= 4 is 43.5 Å². The maximum atomic E-state index is 12.9. The van der Waals surface area contributed by atoms with E-state index in [1.165, 1.54) is 6.07 Å². The number of halogens is 2. The fraction of sp³-hybridized carbons (Fsp3) is 0.136. The van der Waals surface area contributed by atoms with Crippen molar-refractivity contribution in [2.75, 3.05) is 0 Å². The monoisotopic (exact) mass is 505 g/mol. The molecule has 0 bridgehead atoms. The van der Waals surface area contributed by atoms with Gasteiger partial charge in [-0.1, -0.05) is 57.9 Å². The van der Waals surface area contributed by atoms with Crippen LogP contribution in [-0.2, 0) is 14.8 Å². The lowest BCUT2D eigenvalue weighted by atomic mass is 9.95. The second-order valence-corrected chi connectivity index (χ2v) is 10.3. The Morgan fingerprint density at radius 2 is 1.67 bits per heavy atom. The lowest BCUT2D eigenvalue weighted by Gasteiger charge is -2.16. The zero-order valence-electron chi connectivity index (χ0n) is 15.6. The number of aliphatic carboxylic acids is 1. The summed E-state index contributed by atoms with van der Waals surface area (Å²) in [7, 11) is -4.01. The van der Waals surface area contributed by atoms with Gasteiger partial charge >= 0.3 is 5.97 Å². The molecule has 0 atom stereocenters. The summed E-state index contributed by atoms with van der Waals surface area (Å²) in [6.07, 6.45) is 0.561. The molecule has 5 nitrogen and oxygen atoms in total. The van der Waals surface area contributed by atoms with Gasteiger partial charge in [0.15, 0.2) is 0 Å². The van der Waals surface area contributed by atoms with Crippen LogP contribution in [0.1, 0.15) is 12.8 Å². The number of hydrogen-bond donors (Lipinski definition) is 2. The van der Waals surface area contributed by atoms with Crippen molar-refractivity contribution in [1.29, 1.82) is 0 Å². The van der Waals surface area contributed by atoms with Crippen LogP contribution in [0.15, 0.2) is 76.1 Å². The maximum Gasteiger partial charge on any atom is 0.324 e. The van der Waals surface area contributed by atoms with E-state index < -0.39 is 21.5 Å². The minimum absolute atomic E-state index is 0.0164. The van der Waals surface area contributed by atoms with Crippen molar-refractivity contribution in [3.63, 3.8) is 0 Å². The van der Waals surface area contributed by atoms with Gasteiger partial charge in [-0.2, -0.15) is 4.72 Å². The molecule has 0 spiro atoms. The molecule has 1 aliphatic carbocycles. The van der Waals surface area contributed by atoms with Gasteiger partial charge in [0.2, 0.25) is 10.0 Å². The molecule has 3 aromatic carbocycles. The quantitative estimate of drug-likeness (QED) is 0.473. The van der Waals surface area contributed by atoms with Gasteiger partial charge in [-0.3, -0.25) is 4.79 Å². The zero-order valence-corrected chi connectivity index (χ0v) is 18.8. The van der Waals surface area contributed by atoms with E-state index >= 15 is 0 Å². The fourth-order valence-corrected chi connectivity index (χ4v) is 5.24. The summed E-state index contributed by atoms with van der Waals surface area (Å²) in [6, 6.07) is 19.6. The van der Waals surface area contributed by atoms with Crippen LogP contribution in [0.2, 0.25) is 5.02 Å². The van der Waals surface area contributed by atoms with E-state index in [0.29, 0.717) is 10.6 Å². The van der Waals surface area contributed by atoms with Crippen LogP contribution in [0.25, 0.3) is 22.3 Å². The number of carboxylic acid groups (broad SMARTS) is 1. The largest absolute Gasteiger partial charge is 0.480 e. The molecule has 1 fully saturated rings. The molecular weight excluding hydrogens is 490 g/mol. The Labute approximate surface area is 187 Å². The SMILES string of the molecule is O=C(O)C1(NS(=O)(=O)c2ccc(-c3ccc(Cl)cc3)c(-c3cccc(Br)c3)c2)CC1. The van der Waals surface area contributed by atoms with Crippen LogP contribution in [0, 0.1) is 0 Å². The van der Waals surface area contributed by atoms with Gasteiger partial charge < -0.3 is 5.11 Å². The number of nitrogens with one attached hydrogen (secondary N) is 1. The van der Waals surface area contributed by atoms with E-state index in [9.17, 15) is 18.3 Å². The Balaban J connectivity index is 1.84. The lowest BCUT2D eigenvalue weighted by Crippen LogP contribution is -2.42. The molecule has 2 N–H and O–H groups in total. The molecule has 30 heavy (non-hydrogen) atoms. The van der Waals surface area contributed by atoms with Gasteiger partial charge in [-0.25, -0.2) is 8.42 Å². The fourth-order valence-electron chi connectivity index (χ4n) is 3.27. The van der Waals surface area contributed by atoms with Crippen LogP contribution < -0.4 is 4.72 Å². The van der Waals surface area contributed by atoms with Crippen molar-refractivity contribution in [1.82, 2.24) is 4.72 Å². The van der Waals surface area contributed by atoms with Gasteiger partial charge in [-0.15, -0.1) is 0 Å². The Bertz CT molecular complexity index is 1240. The highest BCUT2D eigenvalue weighted by molar-refractivity contribution is 9.10. The molecule has 0 aromatic heterocycles. The normalized spacial score (nSPS) is 15.0. The summed E-state index contributed by atoms with van der Waals surface area (Å²) in [5, 5.41) is 9.96. The highest BCUT2D eigenvalue weighted by Gasteiger charge is 2.53. The summed E-state index contributed by atoms with van der Waals surface area (Å²) < 4.78 is 29.1. The second-order valence-electron chi connectivity index (χ2n) is 7.22. The Kier molecular flexibility index (Phi) is 5.48. The van der Waals surface area contributed by atoms with Gasteiger partial charge in [0.05, 0.1) is 4.90 Å². The summed E-state index contributed by atoms with van der Waals surface area (Å²) in [6.45, 7) is 0. The van der Waals surface area contributed by atoms with E-state index in [2.05, 4.69) is 20.7 Å². The van der Waals surface area contributed by atoms with Crippen LogP contribution in [-0.4, -0.2) is 25.0 Å². The molecule has 0 unspecified atom stereocenters. The third-order valence-corrected chi connectivity index (χ3v) is 7.36. The molecule has 0 saturated heterocycles. The first-order chi connectivity index (χ1) is 14.2.